The van der Waals surface area contributed by atoms with Crippen molar-refractivity contribution in [1.82, 2.24) is 15.3 Å². The van der Waals surface area contributed by atoms with E-state index in [1.807, 2.05) is 13.8 Å². The van der Waals surface area contributed by atoms with Crippen LogP contribution in [0.5, 0.6) is 0 Å². The summed E-state index contributed by atoms with van der Waals surface area (Å²) in [6, 6.07) is 1.33. The molecule has 0 bridgehead atoms. The maximum atomic E-state index is 11.4. The monoisotopic (exact) mass is 208 g/mol. The third-order valence-corrected chi connectivity index (χ3v) is 2.05. The molecule has 0 aliphatic carbocycles. The van der Waals surface area contributed by atoms with Gasteiger partial charge in [-0.2, -0.15) is 0 Å². The van der Waals surface area contributed by atoms with E-state index in [4.69, 9.17) is 5.73 Å². The van der Waals surface area contributed by atoms with Crippen LogP contribution in [0, 0.1) is 6.92 Å². The molecular formula is C10H16N4O. The van der Waals surface area contributed by atoms with E-state index in [9.17, 15) is 4.79 Å². The van der Waals surface area contributed by atoms with Crippen LogP contribution >= 0.6 is 0 Å². The van der Waals surface area contributed by atoms with Crippen LogP contribution in [0.3, 0.4) is 0 Å². The Labute approximate surface area is 89.1 Å². The van der Waals surface area contributed by atoms with Gasteiger partial charge in [0.1, 0.15) is 5.82 Å². The summed E-state index contributed by atoms with van der Waals surface area (Å²) in [5, 5.41) is 2.72. The molecule has 1 heterocycles. The molecule has 0 radical (unpaired) electrons. The van der Waals surface area contributed by atoms with Crippen LogP contribution in [0.25, 0.3) is 0 Å². The molecule has 0 spiro atoms. The molecule has 1 atom stereocenters. The first-order valence-electron chi connectivity index (χ1n) is 4.95. The lowest BCUT2D eigenvalue weighted by Gasteiger charge is -2.09. The Balaban J connectivity index is 2.47. The van der Waals surface area contributed by atoms with Gasteiger partial charge in [-0.15, -0.1) is 0 Å². The zero-order valence-electron chi connectivity index (χ0n) is 9.03. The summed E-state index contributed by atoms with van der Waals surface area (Å²) in [5.41, 5.74) is 6.36. The summed E-state index contributed by atoms with van der Waals surface area (Å²) in [7, 11) is 0. The minimum Gasteiger partial charge on any atom is -0.349 e. The number of aromatic nitrogens is 2. The van der Waals surface area contributed by atoms with Gasteiger partial charge < -0.3 is 11.1 Å². The highest BCUT2D eigenvalue weighted by atomic mass is 16.2. The molecule has 0 fully saturated rings. The van der Waals surface area contributed by atoms with Gasteiger partial charge in [-0.05, 0) is 19.4 Å². The Bertz CT molecular complexity index is 340. The first-order valence-corrected chi connectivity index (χ1v) is 4.95. The molecule has 5 heteroatoms. The molecule has 1 amide bonds. The highest BCUT2D eigenvalue weighted by Gasteiger charge is 2.09. The van der Waals surface area contributed by atoms with Crippen molar-refractivity contribution in [3.8, 4) is 0 Å². The average Bonchev–Trinajstić information content (AvgIpc) is 2.25. The highest BCUT2D eigenvalue weighted by molar-refractivity contribution is 5.81. The van der Waals surface area contributed by atoms with Gasteiger partial charge >= 0.3 is 0 Å². The number of hydrogen-bond acceptors (Lipinski definition) is 4. The van der Waals surface area contributed by atoms with Crippen molar-refractivity contribution in [2.24, 2.45) is 5.73 Å². The summed E-state index contributed by atoms with van der Waals surface area (Å²) >= 11 is 0. The van der Waals surface area contributed by atoms with E-state index in [1.165, 1.54) is 0 Å². The summed E-state index contributed by atoms with van der Waals surface area (Å²) in [6.07, 6.45) is 2.30. The second-order valence-electron chi connectivity index (χ2n) is 3.33. The molecule has 1 rings (SSSR count). The van der Waals surface area contributed by atoms with Gasteiger partial charge in [-0.25, -0.2) is 9.97 Å². The summed E-state index contributed by atoms with van der Waals surface area (Å²) in [5.74, 6) is 0.551. The van der Waals surface area contributed by atoms with Crippen LogP contribution in [0.4, 0.5) is 0 Å². The first-order chi connectivity index (χ1) is 7.13. The maximum Gasteiger partial charge on any atom is 0.237 e. The van der Waals surface area contributed by atoms with Crippen LogP contribution in [0.15, 0.2) is 12.3 Å². The van der Waals surface area contributed by atoms with Crippen LogP contribution in [0.1, 0.15) is 24.9 Å². The lowest BCUT2D eigenvalue weighted by molar-refractivity contribution is -0.122. The minimum absolute atomic E-state index is 0.145. The van der Waals surface area contributed by atoms with Crippen LogP contribution in [-0.4, -0.2) is 21.9 Å². The number of rotatable bonds is 4. The molecular weight excluding hydrogens is 192 g/mol. The number of carbonyl (C=O) groups excluding carboxylic acids is 1. The molecule has 15 heavy (non-hydrogen) atoms. The minimum atomic E-state index is -0.437. The first kappa shape index (κ1) is 11.6. The van der Waals surface area contributed by atoms with E-state index in [2.05, 4.69) is 15.3 Å². The third kappa shape index (κ3) is 3.63. The van der Waals surface area contributed by atoms with Gasteiger partial charge in [0.15, 0.2) is 0 Å². The Hall–Kier alpha value is -1.49. The van der Waals surface area contributed by atoms with E-state index >= 15 is 0 Å². The summed E-state index contributed by atoms with van der Waals surface area (Å²) in [4.78, 5) is 19.5. The second kappa shape index (κ2) is 5.41. The van der Waals surface area contributed by atoms with Gasteiger partial charge in [0.2, 0.25) is 5.91 Å². The lowest BCUT2D eigenvalue weighted by Crippen LogP contribution is -2.39. The number of nitrogens with zero attached hydrogens (tertiary/aromatic N) is 2. The fourth-order valence-electron chi connectivity index (χ4n) is 1.10. The summed E-state index contributed by atoms with van der Waals surface area (Å²) in [6.45, 7) is 4.08. The van der Waals surface area contributed by atoms with Crippen LogP contribution in [-0.2, 0) is 11.3 Å². The molecule has 0 saturated carbocycles. The maximum absolute atomic E-state index is 11.4. The Morgan fingerprint density at radius 3 is 3.00 bits per heavy atom. The molecule has 0 aliphatic rings. The van der Waals surface area contributed by atoms with Crippen LogP contribution < -0.4 is 11.1 Å². The Morgan fingerprint density at radius 1 is 1.67 bits per heavy atom. The summed E-state index contributed by atoms with van der Waals surface area (Å²) < 4.78 is 0. The molecule has 0 aliphatic heterocycles. The smallest absolute Gasteiger partial charge is 0.237 e. The normalized spacial score (nSPS) is 12.2. The molecule has 82 valence electrons. The number of nitrogens with one attached hydrogen (secondary N) is 1. The number of aryl methyl sites for hydroxylation is 1. The SMILES string of the molecule is CC[C@@H](N)C(=O)NCc1ccnc(C)n1. The van der Waals surface area contributed by atoms with Crippen molar-refractivity contribution in [1.29, 1.82) is 0 Å². The number of amides is 1. The highest BCUT2D eigenvalue weighted by Crippen LogP contribution is 1.94. The molecule has 1 aromatic rings. The van der Waals surface area contributed by atoms with E-state index in [0.717, 1.165) is 5.69 Å². The Morgan fingerprint density at radius 2 is 2.40 bits per heavy atom. The van der Waals surface area contributed by atoms with Crippen molar-refractivity contribution < 1.29 is 4.79 Å². The molecule has 1 aromatic heterocycles. The average molecular weight is 208 g/mol. The molecule has 0 saturated heterocycles. The van der Waals surface area contributed by atoms with Crippen molar-refractivity contribution in [2.45, 2.75) is 32.9 Å². The van der Waals surface area contributed by atoms with Gasteiger partial charge in [0.05, 0.1) is 18.3 Å². The van der Waals surface area contributed by atoms with Crippen molar-refractivity contribution in [3.05, 3.63) is 23.8 Å². The fraction of sp³-hybridized carbons (Fsp3) is 0.500. The second-order valence-corrected chi connectivity index (χ2v) is 3.33. The number of carbonyl (C=O) groups is 1. The quantitative estimate of drug-likeness (QED) is 0.737. The lowest BCUT2D eigenvalue weighted by atomic mass is 10.2. The standard InChI is InChI=1S/C10H16N4O/c1-3-9(11)10(15)13-6-8-4-5-12-7(2)14-8/h4-5,9H,3,6,11H2,1-2H3,(H,13,15)/t9-/m1/s1. The largest absolute Gasteiger partial charge is 0.349 e. The van der Waals surface area contributed by atoms with E-state index in [-0.39, 0.29) is 5.91 Å². The van der Waals surface area contributed by atoms with Gasteiger partial charge in [0, 0.05) is 6.20 Å². The zero-order chi connectivity index (χ0) is 11.3. The predicted molar refractivity (Wildman–Crippen MR) is 56.9 cm³/mol. The zero-order valence-corrected chi connectivity index (χ0v) is 9.03. The number of hydrogen-bond donors (Lipinski definition) is 2. The van der Waals surface area contributed by atoms with Gasteiger partial charge in [-0.3, -0.25) is 4.79 Å². The van der Waals surface area contributed by atoms with Crippen molar-refractivity contribution in [2.75, 3.05) is 0 Å². The molecule has 5 nitrogen and oxygen atoms in total. The molecule has 0 unspecified atom stereocenters. The number of nitrogens with two attached hydrogens (primary N) is 1. The van der Waals surface area contributed by atoms with Crippen LogP contribution in [0.2, 0.25) is 0 Å². The van der Waals surface area contributed by atoms with Gasteiger partial charge in [-0.1, -0.05) is 6.92 Å². The van der Waals surface area contributed by atoms with E-state index < -0.39 is 6.04 Å². The van der Waals surface area contributed by atoms with Crippen molar-refractivity contribution in [3.63, 3.8) is 0 Å². The Kier molecular flexibility index (Phi) is 4.17. The van der Waals surface area contributed by atoms with Gasteiger partial charge in [0.25, 0.3) is 0 Å². The fourth-order valence-corrected chi connectivity index (χ4v) is 1.10. The molecule has 0 aromatic carbocycles. The molecule has 3 N–H and O–H groups in total. The third-order valence-electron chi connectivity index (χ3n) is 2.05. The predicted octanol–water partition coefficient (Wildman–Crippen LogP) is 0.139. The van der Waals surface area contributed by atoms with E-state index in [0.29, 0.717) is 18.8 Å². The van der Waals surface area contributed by atoms with E-state index in [1.54, 1.807) is 12.3 Å². The topological polar surface area (TPSA) is 80.9 Å². The van der Waals surface area contributed by atoms with Crippen molar-refractivity contribution >= 4 is 5.91 Å².